The number of nitrogens with two attached hydrogens (primary N) is 1. The Hall–Kier alpha value is -0.450. The van der Waals surface area contributed by atoms with Crippen LogP contribution < -0.4 is 11.3 Å². The van der Waals surface area contributed by atoms with Crippen LogP contribution in [0.15, 0.2) is 5.51 Å². The SMILES string of the molecule is Cc1ncsc1C(NN)C1CCCC1. The van der Waals surface area contributed by atoms with E-state index in [1.807, 2.05) is 5.51 Å². The normalized spacial score (nSPS) is 20.1. The van der Waals surface area contributed by atoms with Gasteiger partial charge >= 0.3 is 0 Å². The van der Waals surface area contributed by atoms with Crippen LogP contribution in [-0.4, -0.2) is 4.98 Å². The molecular formula is C10H17N3S. The molecule has 1 aliphatic carbocycles. The standard InChI is InChI=1S/C10H17N3S/c1-7-10(14-6-12-7)9(13-11)8-4-2-3-5-8/h6,8-9,13H,2-5,11H2,1H3. The average molecular weight is 211 g/mol. The molecule has 1 heterocycles. The Morgan fingerprint density at radius 2 is 2.29 bits per heavy atom. The number of thiazole rings is 1. The van der Waals surface area contributed by atoms with E-state index in [0.29, 0.717) is 12.0 Å². The van der Waals surface area contributed by atoms with Gasteiger partial charge in [-0.3, -0.25) is 11.3 Å². The van der Waals surface area contributed by atoms with Crippen molar-refractivity contribution in [2.24, 2.45) is 11.8 Å². The lowest BCUT2D eigenvalue weighted by Gasteiger charge is -2.21. The van der Waals surface area contributed by atoms with Crippen LogP contribution >= 0.6 is 11.3 Å². The van der Waals surface area contributed by atoms with Gasteiger partial charge in [-0.15, -0.1) is 11.3 Å². The highest BCUT2D eigenvalue weighted by Gasteiger charge is 2.27. The van der Waals surface area contributed by atoms with Crippen LogP contribution in [-0.2, 0) is 0 Å². The summed E-state index contributed by atoms with van der Waals surface area (Å²) in [5, 5.41) is 0. The second-order valence-electron chi connectivity index (χ2n) is 3.99. The fraction of sp³-hybridized carbons (Fsp3) is 0.700. The van der Waals surface area contributed by atoms with E-state index in [4.69, 9.17) is 5.84 Å². The topological polar surface area (TPSA) is 50.9 Å². The third-order valence-electron chi connectivity index (χ3n) is 3.12. The van der Waals surface area contributed by atoms with Crippen molar-refractivity contribution >= 4 is 11.3 Å². The molecule has 1 unspecified atom stereocenters. The maximum Gasteiger partial charge on any atom is 0.0798 e. The Labute approximate surface area is 88.7 Å². The summed E-state index contributed by atoms with van der Waals surface area (Å²) < 4.78 is 0. The molecule has 2 rings (SSSR count). The highest BCUT2D eigenvalue weighted by molar-refractivity contribution is 7.09. The number of hydrazine groups is 1. The summed E-state index contributed by atoms with van der Waals surface area (Å²) >= 11 is 1.72. The van der Waals surface area contributed by atoms with Crippen LogP contribution in [0, 0.1) is 12.8 Å². The summed E-state index contributed by atoms with van der Waals surface area (Å²) in [6.07, 6.45) is 5.29. The predicted octanol–water partition coefficient (Wildman–Crippen LogP) is 2.15. The fourth-order valence-electron chi connectivity index (χ4n) is 2.33. The minimum absolute atomic E-state index is 0.324. The summed E-state index contributed by atoms with van der Waals surface area (Å²) in [7, 11) is 0. The zero-order valence-electron chi connectivity index (χ0n) is 8.49. The first-order valence-electron chi connectivity index (χ1n) is 5.19. The molecule has 1 aromatic rings. The molecule has 3 N–H and O–H groups in total. The van der Waals surface area contributed by atoms with E-state index in [1.54, 1.807) is 11.3 Å². The first-order valence-corrected chi connectivity index (χ1v) is 6.07. The Morgan fingerprint density at radius 3 is 2.79 bits per heavy atom. The van der Waals surface area contributed by atoms with Gasteiger partial charge in [-0.05, 0) is 25.7 Å². The van der Waals surface area contributed by atoms with Gasteiger partial charge in [0.15, 0.2) is 0 Å². The van der Waals surface area contributed by atoms with Gasteiger partial charge in [0.25, 0.3) is 0 Å². The first-order chi connectivity index (χ1) is 6.83. The van der Waals surface area contributed by atoms with Crippen molar-refractivity contribution in [2.45, 2.75) is 38.6 Å². The van der Waals surface area contributed by atoms with Crippen LogP contribution in [0.25, 0.3) is 0 Å². The maximum absolute atomic E-state index is 5.64. The van der Waals surface area contributed by atoms with Crippen molar-refractivity contribution in [3.05, 3.63) is 16.1 Å². The number of aryl methyl sites for hydroxylation is 1. The molecule has 1 aromatic heterocycles. The summed E-state index contributed by atoms with van der Waals surface area (Å²) in [5.74, 6) is 6.35. The second kappa shape index (κ2) is 4.38. The lowest BCUT2D eigenvalue weighted by Crippen LogP contribution is -2.32. The number of hydrogen-bond donors (Lipinski definition) is 2. The van der Waals surface area contributed by atoms with Crippen LogP contribution in [0.3, 0.4) is 0 Å². The van der Waals surface area contributed by atoms with Crippen LogP contribution in [0.2, 0.25) is 0 Å². The minimum atomic E-state index is 0.324. The van der Waals surface area contributed by atoms with Crippen molar-refractivity contribution in [2.75, 3.05) is 0 Å². The van der Waals surface area contributed by atoms with E-state index in [2.05, 4.69) is 17.3 Å². The molecule has 0 aromatic carbocycles. The molecule has 14 heavy (non-hydrogen) atoms. The number of hydrogen-bond acceptors (Lipinski definition) is 4. The molecule has 0 bridgehead atoms. The molecule has 0 saturated heterocycles. The zero-order chi connectivity index (χ0) is 9.97. The average Bonchev–Trinajstić information content (AvgIpc) is 2.80. The highest BCUT2D eigenvalue weighted by atomic mass is 32.1. The third-order valence-corrected chi connectivity index (χ3v) is 4.13. The molecule has 78 valence electrons. The zero-order valence-corrected chi connectivity index (χ0v) is 9.31. The lowest BCUT2D eigenvalue weighted by molar-refractivity contribution is 0.377. The van der Waals surface area contributed by atoms with E-state index in [9.17, 15) is 0 Å². The summed E-state index contributed by atoms with van der Waals surface area (Å²) in [5.41, 5.74) is 5.99. The molecule has 0 aliphatic heterocycles. The van der Waals surface area contributed by atoms with E-state index in [0.717, 1.165) is 5.69 Å². The Bertz CT molecular complexity index is 291. The van der Waals surface area contributed by atoms with Gasteiger partial charge in [-0.25, -0.2) is 4.98 Å². The number of rotatable bonds is 3. The second-order valence-corrected chi connectivity index (χ2v) is 4.88. The summed E-state index contributed by atoms with van der Waals surface area (Å²) in [4.78, 5) is 5.60. The summed E-state index contributed by atoms with van der Waals surface area (Å²) in [6.45, 7) is 2.06. The molecule has 1 aliphatic rings. The van der Waals surface area contributed by atoms with Gasteiger partial charge in [0.1, 0.15) is 0 Å². The predicted molar refractivity (Wildman–Crippen MR) is 58.9 cm³/mol. The van der Waals surface area contributed by atoms with Gasteiger partial charge in [-0.2, -0.15) is 0 Å². The molecule has 3 nitrogen and oxygen atoms in total. The van der Waals surface area contributed by atoms with Crippen molar-refractivity contribution < 1.29 is 0 Å². The molecule has 0 amide bonds. The van der Waals surface area contributed by atoms with Crippen LogP contribution in [0.4, 0.5) is 0 Å². The quantitative estimate of drug-likeness (QED) is 0.595. The summed E-state index contributed by atoms with van der Waals surface area (Å²) in [6, 6.07) is 0.324. The largest absolute Gasteiger partial charge is 0.271 e. The molecule has 1 atom stereocenters. The van der Waals surface area contributed by atoms with Crippen molar-refractivity contribution in [1.82, 2.24) is 10.4 Å². The van der Waals surface area contributed by atoms with Crippen molar-refractivity contribution in [3.8, 4) is 0 Å². The smallest absolute Gasteiger partial charge is 0.0798 e. The van der Waals surface area contributed by atoms with Gasteiger partial charge in [0.05, 0.1) is 17.2 Å². The molecule has 4 heteroatoms. The van der Waals surface area contributed by atoms with Crippen molar-refractivity contribution in [1.29, 1.82) is 0 Å². The number of nitrogens with one attached hydrogen (secondary N) is 1. The van der Waals surface area contributed by atoms with Gasteiger partial charge in [0, 0.05) is 4.88 Å². The highest BCUT2D eigenvalue weighted by Crippen LogP contribution is 2.37. The molecule has 1 fully saturated rings. The Kier molecular flexibility index (Phi) is 3.15. The first kappa shape index (κ1) is 10.1. The lowest BCUT2D eigenvalue weighted by atomic mass is 9.97. The van der Waals surface area contributed by atoms with Gasteiger partial charge in [-0.1, -0.05) is 12.8 Å². The van der Waals surface area contributed by atoms with Crippen molar-refractivity contribution in [3.63, 3.8) is 0 Å². The number of aromatic nitrogens is 1. The molecule has 0 spiro atoms. The van der Waals surface area contributed by atoms with E-state index in [-0.39, 0.29) is 0 Å². The molecule has 1 saturated carbocycles. The van der Waals surface area contributed by atoms with Crippen LogP contribution in [0.1, 0.15) is 42.3 Å². The fourth-order valence-corrected chi connectivity index (χ4v) is 3.28. The van der Waals surface area contributed by atoms with E-state index >= 15 is 0 Å². The van der Waals surface area contributed by atoms with Crippen LogP contribution in [0.5, 0.6) is 0 Å². The Morgan fingerprint density at radius 1 is 1.57 bits per heavy atom. The third kappa shape index (κ3) is 1.82. The number of nitrogens with zero attached hydrogens (tertiary/aromatic N) is 1. The molecule has 0 radical (unpaired) electrons. The molecular weight excluding hydrogens is 194 g/mol. The maximum atomic E-state index is 5.64. The monoisotopic (exact) mass is 211 g/mol. The van der Waals surface area contributed by atoms with Gasteiger partial charge < -0.3 is 0 Å². The van der Waals surface area contributed by atoms with E-state index in [1.165, 1.54) is 30.6 Å². The van der Waals surface area contributed by atoms with Gasteiger partial charge in [0.2, 0.25) is 0 Å². The minimum Gasteiger partial charge on any atom is -0.271 e. The Balaban J connectivity index is 2.16. The van der Waals surface area contributed by atoms with E-state index < -0.39 is 0 Å².